The van der Waals surface area contributed by atoms with E-state index in [4.69, 9.17) is 26.4 Å². The summed E-state index contributed by atoms with van der Waals surface area (Å²) in [5, 5.41) is 11.3. The molecule has 0 bridgehead atoms. The fourth-order valence-electron chi connectivity index (χ4n) is 0.935. The molecule has 0 fully saturated rings. The van der Waals surface area contributed by atoms with E-state index in [1.54, 1.807) is 27.7 Å². The van der Waals surface area contributed by atoms with E-state index in [0.717, 1.165) is 0 Å². The van der Waals surface area contributed by atoms with Crippen LogP contribution in [0.5, 0.6) is 0 Å². The van der Waals surface area contributed by atoms with Gasteiger partial charge in [-0.15, -0.1) is 0 Å². The van der Waals surface area contributed by atoms with Crippen LogP contribution in [0.4, 0.5) is 0 Å². The Balaban J connectivity index is 4.64. The third kappa shape index (κ3) is 5.92. The van der Waals surface area contributed by atoms with E-state index in [2.05, 4.69) is 5.32 Å². The molecule has 0 aromatic carbocycles. The molecule has 0 spiro atoms. The van der Waals surface area contributed by atoms with Gasteiger partial charge in [-0.05, 0) is 27.7 Å². The van der Waals surface area contributed by atoms with Crippen molar-refractivity contribution in [2.75, 3.05) is 13.2 Å². The molecule has 0 aliphatic carbocycles. The summed E-state index contributed by atoms with van der Waals surface area (Å²) in [6, 6.07) is 0. The quantitative estimate of drug-likeness (QED) is 0.543. The molecule has 0 aromatic heterocycles. The molecule has 7 heteroatoms. The van der Waals surface area contributed by atoms with Crippen LogP contribution >= 0.6 is 19.8 Å². The smallest absolute Gasteiger partial charge is 0.388 e. The first-order valence-corrected chi connectivity index (χ1v) is 7.13. The van der Waals surface area contributed by atoms with Gasteiger partial charge in [0.1, 0.15) is 0 Å². The van der Waals surface area contributed by atoms with Gasteiger partial charge in [0.05, 0.1) is 18.8 Å². The number of aliphatic hydroxyl groups is 1. The third-order valence-corrected chi connectivity index (χ3v) is 4.21. The zero-order valence-corrected chi connectivity index (χ0v) is 11.8. The Morgan fingerprint density at radius 2 is 1.75 bits per heavy atom. The lowest BCUT2D eigenvalue weighted by atomic mass is 10.5. The molecule has 0 amide bonds. The molecule has 0 saturated carbocycles. The summed E-state index contributed by atoms with van der Waals surface area (Å²) in [4.78, 5) is 0. The van der Waals surface area contributed by atoms with Crippen LogP contribution in [0.3, 0.4) is 0 Å². The Kier molecular flexibility index (Phi) is 7.35. The summed E-state index contributed by atoms with van der Waals surface area (Å²) >= 11 is 4.96. The van der Waals surface area contributed by atoms with Crippen molar-refractivity contribution >= 4 is 24.5 Å². The maximum Gasteiger partial charge on any atom is 0.388 e. The normalized spacial score (nSPS) is 12.2. The maximum atomic E-state index is 12.3. The van der Waals surface area contributed by atoms with Crippen LogP contribution in [-0.4, -0.2) is 35.2 Å². The maximum absolute atomic E-state index is 12.3. The molecule has 0 heterocycles. The van der Waals surface area contributed by atoms with E-state index in [-0.39, 0.29) is 30.1 Å². The molecule has 0 rings (SSSR count). The average Bonchev–Trinajstić information content (AvgIpc) is 2.11. The van der Waals surface area contributed by atoms with Crippen molar-refractivity contribution in [2.45, 2.75) is 39.9 Å². The van der Waals surface area contributed by atoms with E-state index in [9.17, 15) is 4.57 Å². The predicted octanol–water partition coefficient (Wildman–Crippen LogP) is 1.90. The van der Waals surface area contributed by atoms with Gasteiger partial charge in [-0.25, -0.2) is 0 Å². The summed E-state index contributed by atoms with van der Waals surface area (Å²) in [7, 11) is -3.44. The molecule has 2 N–H and O–H groups in total. The Morgan fingerprint density at radius 1 is 1.31 bits per heavy atom. The minimum absolute atomic E-state index is 0.0175. The molecule has 0 aliphatic heterocycles. The first kappa shape index (κ1) is 16.0. The molecular formula is C9H20NO4PS. The highest BCUT2D eigenvalue weighted by atomic mass is 32.1. The van der Waals surface area contributed by atoms with Gasteiger partial charge >= 0.3 is 7.60 Å². The summed E-state index contributed by atoms with van der Waals surface area (Å²) in [5.74, 6) is 0. The van der Waals surface area contributed by atoms with Gasteiger partial charge in [-0.1, -0.05) is 12.2 Å². The van der Waals surface area contributed by atoms with E-state index in [0.29, 0.717) is 0 Å². The van der Waals surface area contributed by atoms with Crippen LogP contribution < -0.4 is 5.32 Å². The van der Waals surface area contributed by atoms with Crippen molar-refractivity contribution < 1.29 is 18.7 Å². The fraction of sp³-hybridized carbons (Fsp3) is 0.889. The first-order valence-electron chi connectivity index (χ1n) is 5.18. The first-order chi connectivity index (χ1) is 7.31. The van der Waals surface area contributed by atoms with Crippen molar-refractivity contribution in [1.82, 2.24) is 5.32 Å². The topological polar surface area (TPSA) is 67.8 Å². The average molecular weight is 269 g/mol. The number of nitrogens with one attached hydrogen (secondary N) is 1. The lowest BCUT2D eigenvalue weighted by Gasteiger charge is -2.23. The summed E-state index contributed by atoms with van der Waals surface area (Å²) in [5.41, 5.74) is 0. The van der Waals surface area contributed by atoms with E-state index < -0.39 is 7.60 Å². The second-order valence-electron chi connectivity index (χ2n) is 3.76. The van der Waals surface area contributed by atoms with E-state index in [1.807, 2.05) is 0 Å². The third-order valence-electron chi connectivity index (χ3n) is 1.34. The highest BCUT2D eigenvalue weighted by Crippen LogP contribution is 2.51. The highest BCUT2D eigenvalue weighted by molar-refractivity contribution is 7.97. The number of thiocarbonyl (C=S) groups is 1. The van der Waals surface area contributed by atoms with Crippen molar-refractivity contribution in [1.29, 1.82) is 0 Å². The summed E-state index contributed by atoms with van der Waals surface area (Å²) in [6.07, 6.45) is -0.503. The summed E-state index contributed by atoms with van der Waals surface area (Å²) in [6.45, 7) is 7.15. The van der Waals surface area contributed by atoms with Crippen LogP contribution in [0.2, 0.25) is 0 Å². The highest BCUT2D eigenvalue weighted by Gasteiger charge is 2.33. The van der Waals surface area contributed by atoms with Gasteiger partial charge in [0.25, 0.3) is 0 Å². The Morgan fingerprint density at radius 3 is 2.06 bits per heavy atom. The molecular weight excluding hydrogens is 249 g/mol. The number of aliphatic hydroxyl groups excluding tert-OH is 1. The molecule has 0 saturated heterocycles. The zero-order chi connectivity index (χ0) is 12.8. The van der Waals surface area contributed by atoms with Gasteiger partial charge in [0.15, 0.2) is 4.73 Å². The molecule has 0 unspecified atom stereocenters. The molecule has 0 atom stereocenters. The molecule has 16 heavy (non-hydrogen) atoms. The SMILES string of the molecule is CC(C)OP(=O)(OC(C)C)C(=S)NCCO. The number of rotatable bonds is 7. The number of hydrogen-bond donors (Lipinski definition) is 2. The standard InChI is InChI=1S/C9H20NO4PS/c1-7(2)13-15(12,14-8(3)4)9(16)10-5-6-11/h7-8,11H,5-6H2,1-4H3,(H,10,16). The fourth-order valence-corrected chi connectivity index (χ4v) is 2.95. The molecule has 5 nitrogen and oxygen atoms in total. The minimum atomic E-state index is -3.44. The second-order valence-corrected chi connectivity index (χ2v) is 6.34. The monoisotopic (exact) mass is 269 g/mol. The number of hydrogen-bond acceptors (Lipinski definition) is 5. The van der Waals surface area contributed by atoms with Crippen molar-refractivity contribution in [3.63, 3.8) is 0 Å². The summed E-state index contributed by atoms with van der Waals surface area (Å²) < 4.78 is 22.8. The van der Waals surface area contributed by atoms with E-state index in [1.165, 1.54) is 0 Å². The Bertz CT molecular complexity index is 256. The van der Waals surface area contributed by atoms with Crippen LogP contribution in [0, 0.1) is 0 Å². The van der Waals surface area contributed by atoms with Gasteiger partial charge < -0.3 is 19.5 Å². The largest absolute Gasteiger partial charge is 0.395 e. The van der Waals surface area contributed by atoms with Gasteiger partial charge in [-0.3, -0.25) is 4.57 Å². The lowest BCUT2D eigenvalue weighted by molar-refractivity contribution is 0.152. The van der Waals surface area contributed by atoms with E-state index >= 15 is 0 Å². The van der Waals surface area contributed by atoms with Gasteiger partial charge in [-0.2, -0.15) is 0 Å². The van der Waals surface area contributed by atoms with Crippen LogP contribution in [-0.2, 0) is 13.6 Å². The predicted molar refractivity (Wildman–Crippen MR) is 67.7 cm³/mol. The van der Waals surface area contributed by atoms with Crippen molar-refractivity contribution in [2.24, 2.45) is 0 Å². The second kappa shape index (κ2) is 7.35. The molecule has 0 radical (unpaired) electrons. The van der Waals surface area contributed by atoms with Gasteiger partial charge in [0.2, 0.25) is 0 Å². The van der Waals surface area contributed by atoms with Gasteiger partial charge in [0, 0.05) is 6.54 Å². The Hall–Kier alpha value is -0.0000000000000000208. The van der Waals surface area contributed by atoms with Crippen LogP contribution in [0.1, 0.15) is 27.7 Å². The molecule has 0 aliphatic rings. The molecule has 0 aromatic rings. The lowest BCUT2D eigenvalue weighted by Crippen LogP contribution is -2.27. The minimum Gasteiger partial charge on any atom is -0.395 e. The molecule has 96 valence electrons. The van der Waals surface area contributed by atoms with Crippen LogP contribution in [0.25, 0.3) is 0 Å². The van der Waals surface area contributed by atoms with Crippen LogP contribution in [0.15, 0.2) is 0 Å². The Labute approximate surface area is 102 Å². The zero-order valence-electron chi connectivity index (χ0n) is 10.1. The van der Waals surface area contributed by atoms with Crippen molar-refractivity contribution in [3.05, 3.63) is 0 Å². The van der Waals surface area contributed by atoms with Crippen molar-refractivity contribution in [3.8, 4) is 0 Å².